The van der Waals surface area contributed by atoms with Crippen molar-refractivity contribution >= 4 is 0 Å². The highest BCUT2D eigenvalue weighted by Gasteiger charge is 2.36. The molecule has 21 heavy (non-hydrogen) atoms. The first kappa shape index (κ1) is 14.9. The molecule has 0 bridgehead atoms. The molecule has 2 fully saturated rings. The lowest BCUT2D eigenvalue weighted by Crippen LogP contribution is -2.50. The van der Waals surface area contributed by atoms with Crippen LogP contribution in [0.1, 0.15) is 50.1 Å². The second-order valence-electron chi connectivity index (χ2n) is 6.45. The Bertz CT molecular complexity index is 469. The van der Waals surface area contributed by atoms with Crippen molar-refractivity contribution in [3.63, 3.8) is 0 Å². The van der Waals surface area contributed by atoms with Crippen molar-refractivity contribution in [2.24, 2.45) is 11.7 Å². The minimum atomic E-state index is -0.513. The summed E-state index contributed by atoms with van der Waals surface area (Å²) in [6.07, 6.45) is 7.50. The molecule has 3 atom stereocenters. The lowest BCUT2D eigenvalue weighted by Gasteiger charge is -2.47. The van der Waals surface area contributed by atoms with Crippen LogP contribution in [0.15, 0.2) is 18.2 Å². The fourth-order valence-electron chi connectivity index (χ4n) is 4.28. The van der Waals surface area contributed by atoms with Gasteiger partial charge in [-0.2, -0.15) is 0 Å². The lowest BCUT2D eigenvalue weighted by molar-refractivity contribution is 0.0274. The van der Waals surface area contributed by atoms with Crippen molar-refractivity contribution in [3.8, 4) is 0 Å². The Morgan fingerprint density at radius 2 is 1.71 bits per heavy atom. The van der Waals surface area contributed by atoms with E-state index >= 15 is 0 Å². The first-order chi connectivity index (χ1) is 10.2. The second-order valence-corrected chi connectivity index (χ2v) is 6.45. The summed E-state index contributed by atoms with van der Waals surface area (Å²) < 4.78 is 27.1. The number of nitrogens with zero attached hydrogens (tertiary/aromatic N) is 1. The van der Waals surface area contributed by atoms with Gasteiger partial charge in [-0.15, -0.1) is 0 Å². The third kappa shape index (κ3) is 3.11. The van der Waals surface area contributed by atoms with Crippen LogP contribution < -0.4 is 5.73 Å². The molecule has 116 valence electrons. The number of fused-ring (bicyclic) bond motifs is 1. The lowest BCUT2D eigenvalue weighted by atomic mass is 9.77. The molecule has 1 aromatic carbocycles. The minimum absolute atomic E-state index is 0.0684. The Balaban J connectivity index is 1.87. The highest BCUT2D eigenvalue weighted by atomic mass is 19.1. The number of hydrogen-bond acceptors (Lipinski definition) is 2. The van der Waals surface area contributed by atoms with Gasteiger partial charge in [0.25, 0.3) is 0 Å². The molecule has 0 aromatic heterocycles. The maximum atomic E-state index is 13.5. The third-order valence-electron chi connectivity index (χ3n) is 5.18. The van der Waals surface area contributed by atoms with Gasteiger partial charge in [0, 0.05) is 24.7 Å². The largest absolute Gasteiger partial charge is 0.329 e. The molecule has 1 aliphatic heterocycles. The molecule has 1 aromatic rings. The number of likely N-dealkylation sites (tertiary alicyclic amines) is 1. The molecule has 0 radical (unpaired) electrons. The van der Waals surface area contributed by atoms with Crippen LogP contribution in [0.4, 0.5) is 8.78 Å². The van der Waals surface area contributed by atoms with Gasteiger partial charge >= 0.3 is 0 Å². The zero-order valence-corrected chi connectivity index (χ0v) is 12.4. The average Bonchev–Trinajstić information content (AvgIpc) is 2.47. The number of nitrogens with two attached hydrogens (primary N) is 1. The minimum Gasteiger partial charge on any atom is -0.329 e. The molecule has 1 saturated heterocycles. The Kier molecular flexibility index (Phi) is 4.55. The number of halogens is 2. The fourth-order valence-corrected chi connectivity index (χ4v) is 4.28. The highest BCUT2D eigenvalue weighted by molar-refractivity contribution is 5.22. The van der Waals surface area contributed by atoms with E-state index in [1.807, 2.05) is 0 Å². The van der Waals surface area contributed by atoms with Crippen molar-refractivity contribution < 1.29 is 8.78 Å². The molecular weight excluding hydrogens is 270 g/mol. The maximum absolute atomic E-state index is 13.5. The van der Waals surface area contributed by atoms with Crippen molar-refractivity contribution in [1.82, 2.24) is 4.90 Å². The second kappa shape index (κ2) is 6.41. The SMILES string of the molecule is NCC(c1cc(F)cc(F)c1)N1CCC[C@H]2CCCC[C@H]21. The highest BCUT2D eigenvalue weighted by Crippen LogP contribution is 2.39. The smallest absolute Gasteiger partial charge is 0.126 e. The molecule has 4 heteroatoms. The van der Waals surface area contributed by atoms with E-state index in [0.717, 1.165) is 24.9 Å². The van der Waals surface area contributed by atoms with Crippen molar-refractivity contribution in [2.45, 2.75) is 50.6 Å². The van der Waals surface area contributed by atoms with Gasteiger partial charge in [-0.05, 0) is 55.8 Å². The Labute approximate surface area is 125 Å². The molecule has 0 amide bonds. The van der Waals surface area contributed by atoms with Crippen LogP contribution in [-0.2, 0) is 0 Å². The molecule has 1 saturated carbocycles. The van der Waals surface area contributed by atoms with Crippen molar-refractivity contribution in [1.29, 1.82) is 0 Å². The van der Waals surface area contributed by atoms with Gasteiger partial charge in [-0.1, -0.05) is 12.8 Å². The molecule has 2 aliphatic rings. The molecule has 1 unspecified atom stereocenters. The third-order valence-corrected chi connectivity index (χ3v) is 5.18. The molecule has 1 heterocycles. The maximum Gasteiger partial charge on any atom is 0.126 e. The van der Waals surface area contributed by atoms with Crippen LogP contribution in [0.2, 0.25) is 0 Å². The van der Waals surface area contributed by atoms with Crippen LogP contribution in [0.3, 0.4) is 0 Å². The number of benzene rings is 1. The summed E-state index contributed by atoms with van der Waals surface area (Å²) in [5.74, 6) is -0.290. The standard InChI is InChI=1S/C17H24F2N2/c18-14-8-13(9-15(19)10-14)17(11-20)21-7-3-5-12-4-1-2-6-16(12)21/h8-10,12,16-17H,1-7,11,20H2/t12-,16-,17?/m1/s1. The average molecular weight is 294 g/mol. The Morgan fingerprint density at radius 3 is 2.43 bits per heavy atom. The predicted molar refractivity (Wildman–Crippen MR) is 79.8 cm³/mol. The van der Waals surface area contributed by atoms with Crippen molar-refractivity contribution in [2.75, 3.05) is 13.1 Å². The number of rotatable bonds is 3. The quantitative estimate of drug-likeness (QED) is 0.922. The summed E-state index contributed by atoms with van der Waals surface area (Å²) in [7, 11) is 0. The molecule has 2 nitrogen and oxygen atoms in total. The van der Waals surface area contributed by atoms with Crippen LogP contribution in [0.5, 0.6) is 0 Å². The van der Waals surface area contributed by atoms with Gasteiger partial charge in [-0.25, -0.2) is 8.78 Å². The van der Waals surface area contributed by atoms with Crippen LogP contribution in [0.25, 0.3) is 0 Å². The zero-order chi connectivity index (χ0) is 14.8. The molecule has 2 N–H and O–H groups in total. The Morgan fingerprint density at radius 1 is 1.05 bits per heavy atom. The molecular formula is C17H24F2N2. The first-order valence-electron chi connectivity index (χ1n) is 8.11. The van der Waals surface area contributed by atoms with Gasteiger partial charge in [0.1, 0.15) is 11.6 Å². The zero-order valence-electron chi connectivity index (χ0n) is 12.4. The summed E-state index contributed by atoms with van der Waals surface area (Å²) >= 11 is 0. The summed E-state index contributed by atoms with van der Waals surface area (Å²) in [5.41, 5.74) is 6.65. The van der Waals surface area contributed by atoms with Gasteiger partial charge in [0.05, 0.1) is 0 Å². The first-order valence-corrected chi connectivity index (χ1v) is 8.11. The van der Waals surface area contributed by atoms with E-state index in [4.69, 9.17) is 5.73 Å². The topological polar surface area (TPSA) is 29.3 Å². The summed E-state index contributed by atoms with van der Waals surface area (Å²) in [5, 5.41) is 0. The monoisotopic (exact) mass is 294 g/mol. The van der Waals surface area contributed by atoms with E-state index in [1.165, 1.54) is 44.2 Å². The van der Waals surface area contributed by atoms with Gasteiger partial charge in [0.2, 0.25) is 0 Å². The van der Waals surface area contributed by atoms with E-state index in [0.29, 0.717) is 18.2 Å². The van der Waals surface area contributed by atoms with Crippen molar-refractivity contribution in [3.05, 3.63) is 35.4 Å². The predicted octanol–water partition coefficient (Wildman–Crippen LogP) is 3.62. The van der Waals surface area contributed by atoms with E-state index < -0.39 is 11.6 Å². The van der Waals surface area contributed by atoms with Gasteiger partial charge in [0.15, 0.2) is 0 Å². The van der Waals surface area contributed by atoms with Crippen LogP contribution in [-0.4, -0.2) is 24.0 Å². The summed E-state index contributed by atoms with van der Waals surface area (Å²) in [6, 6.07) is 4.27. The Hall–Kier alpha value is -1.00. The normalized spacial score (nSPS) is 28.1. The fraction of sp³-hybridized carbons (Fsp3) is 0.647. The molecule has 0 spiro atoms. The molecule has 3 rings (SSSR count). The van der Waals surface area contributed by atoms with E-state index in [-0.39, 0.29) is 6.04 Å². The van der Waals surface area contributed by atoms with Gasteiger partial charge in [-0.3, -0.25) is 4.90 Å². The van der Waals surface area contributed by atoms with Gasteiger partial charge < -0.3 is 5.73 Å². The summed E-state index contributed by atoms with van der Waals surface area (Å²) in [6.45, 7) is 1.40. The van der Waals surface area contributed by atoms with E-state index in [9.17, 15) is 8.78 Å². The number of hydrogen-bond donors (Lipinski definition) is 1. The number of piperidine rings is 1. The molecule has 1 aliphatic carbocycles. The van der Waals surface area contributed by atoms with Crippen LogP contribution in [0, 0.1) is 17.6 Å². The van der Waals surface area contributed by atoms with E-state index in [2.05, 4.69) is 4.90 Å². The van der Waals surface area contributed by atoms with E-state index in [1.54, 1.807) is 0 Å². The van der Waals surface area contributed by atoms with Crippen LogP contribution >= 0.6 is 0 Å². The summed E-state index contributed by atoms with van der Waals surface area (Å²) in [4.78, 5) is 2.42.